The third-order valence-electron chi connectivity index (χ3n) is 3.09. The SMILES string of the molecule is CN(C(=O)c1ncccc1C#CCO)C1CCOC1. The van der Waals surface area contributed by atoms with Gasteiger partial charge in [-0.15, -0.1) is 0 Å². The third kappa shape index (κ3) is 3.11. The molecule has 2 rings (SSSR count). The molecule has 0 bridgehead atoms. The van der Waals surface area contributed by atoms with Crippen LogP contribution in [0.1, 0.15) is 22.5 Å². The van der Waals surface area contributed by atoms with Crippen LogP contribution in [0.25, 0.3) is 0 Å². The zero-order valence-corrected chi connectivity index (χ0v) is 10.8. The first kappa shape index (κ1) is 13.5. The Kier molecular flexibility index (Phi) is 4.50. The van der Waals surface area contributed by atoms with E-state index in [0.29, 0.717) is 24.5 Å². The van der Waals surface area contributed by atoms with Crippen molar-refractivity contribution >= 4 is 5.91 Å². The lowest BCUT2D eigenvalue weighted by Crippen LogP contribution is -2.38. The minimum absolute atomic E-state index is 0.0909. The number of hydrogen-bond donors (Lipinski definition) is 1. The van der Waals surface area contributed by atoms with Gasteiger partial charge < -0.3 is 14.7 Å². The molecule has 1 unspecified atom stereocenters. The van der Waals surface area contributed by atoms with Gasteiger partial charge in [0.1, 0.15) is 12.3 Å². The normalized spacial score (nSPS) is 17.7. The number of amides is 1. The smallest absolute Gasteiger partial charge is 0.273 e. The number of ether oxygens (including phenoxy) is 1. The number of carbonyl (C=O) groups is 1. The van der Waals surface area contributed by atoms with Crippen LogP contribution < -0.4 is 0 Å². The van der Waals surface area contributed by atoms with E-state index in [9.17, 15) is 4.79 Å². The van der Waals surface area contributed by atoms with Gasteiger partial charge in [-0.2, -0.15) is 0 Å². The molecule has 0 aromatic carbocycles. The van der Waals surface area contributed by atoms with E-state index in [1.54, 1.807) is 30.3 Å². The van der Waals surface area contributed by atoms with E-state index in [1.165, 1.54) is 0 Å². The number of hydrogen-bond acceptors (Lipinski definition) is 4. The molecule has 1 aromatic rings. The van der Waals surface area contributed by atoms with Gasteiger partial charge in [-0.1, -0.05) is 11.8 Å². The molecule has 1 aliphatic rings. The minimum atomic E-state index is -0.241. The predicted octanol–water partition coefficient (Wildman–Crippen LogP) is 0.286. The second-order valence-electron chi connectivity index (χ2n) is 4.29. The molecule has 1 N–H and O–H groups in total. The summed E-state index contributed by atoms with van der Waals surface area (Å²) in [7, 11) is 1.75. The summed E-state index contributed by atoms with van der Waals surface area (Å²) in [4.78, 5) is 18.2. The summed E-state index contributed by atoms with van der Waals surface area (Å²) < 4.78 is 5.28. The number of aliphatic hydroxyl groups excluding tert-OH is 1. The van der Waals surface area contributed by atoms with Gasteiger partial charge in [0, 0.05) is 19.9 Å². The molecule has 1 aliphatic heterocycles. The van der Waals surface area contributed by atoms with Crippen molar-refractivity contribution in [3.05, 3.63) is 29.6 Å². The Balaban J connectivity index is 2.22. The zero-order valence-electron chi connectivity index (χ0n) is 10.8. The molecule has 5 nitrogen and oxygen atoms in total. The van der Waals surface area contributed by atoms with Crippen molar-refractivity contribution < 1.29 is 14.6 Å². The van der Waals surface area contributed by atoms with E-state index in [1.807, 2.05) is 0 Å². The lowest BCUT2D eigenvalue weighted by molar-refractivity contribution is 0.0705. The molecule has 1 saturated heterocycles. The standard InChI is InChI=1S/C14H16N2O3/c1-16(12-6-9-19-10-12)14(18)13-11(5-3-8-17)4-2-7-15-13/h2,4,7,12,17H,6,8-10H2,1H3. The molecule has 1 amide bonds. The Morgan fingerprint density at radius 3 is 3.21 bits per heavy atom. The van der Waals surface area contributed by atoms with Crippen LogP contribution in [0.4, 0.5) is 0 Å². The van der Waals surface area contributed by atoms with Crippen LogP contribution >= 0.6 is 0 Å². The molecular weight excluding hydrogens is 244 g/mol. The Hall–Kier alpha value is -1.90. The van der Waals surface area contributed by atoms with Gasteiger partial charge in [0.25, 0.3) is 5.91 Å². The highest BCUT2D eigenvalue weighted by atomic mass is 16.5. The number of aliphatic hydroxyl groups is 1. The van der Waals surface area contributed by atoms with Crippen LogP contribution in [-0.2, 0) is 4.74 Å². The van der Waals surface area contributed by atoms with Crippen LogP contribution in [0, 0.1) is 11.8 Å². The molecule has 1 aromatic heterocycles. The largest absolute Gasteiger partial charge is 0.384 e. The Labute approximate surface area is 112 Å². The van der Waals surface area contributed by atoms with Gasteiger partial charge in [-0.3, -0.25) is 4.79 Å². The van der Waals surface area contributed by atoms with Crippen molar-refractivity contribution in [3.8, 4) is 11.8 Å². The lowest BCUT2D eigenvalue weighted by atomic mass is 10.1. The van der Waals surface area contributed by atoms with Crippen LogP contribution in [0.2, 0.25) is 0 Å². The summed E-state index contributed by atoms with van der Waals surface area (Å²) in [6.07, 6.45) is 2.41. The molecule has 100 valence electrons. The van der Waals surface area contributed by atoms with Crippen molar-refractivity contribution in [2.75, 3.05) is 26.9 Å². The first-order valence-electron chi connectivity index (χ1n) is 6.13. The van der Waals surface area contributed by atoms with E-state index in [2.05, 4.69) is 16.8 Å². The van der Waals surface area contributed by atoms with E-state index >= 15 is 0 Å². The summed E-state index contributed by atoms with van der Waals surface area (Å²) in [5.41, 5.74) is 0.852. The van der Waals surface area contributed by atoms with Gasteiger partial charge in [0.05, 0.1) is 18.2 Å². The van der Waals surface area contributed by atoms with Crippen molar-refractivity contribution in [2.24, 2.45) is 0 Å². The van der Waals surface area contributed by atoms with E-state index in [0.717, 1.165) is 6.42 Å². The Morgan fingerprint density at radius 2 is 2.53 bits per heavy atom. The molecule has 19 heavy (non-hydrogen) atoms. The van der Waals surface area contributed by atoms with E-state index < -0.39 is 0 Å². The summed E-state index contributed by atoms with van der Waals surface area (Å²) in [5, 5.41) is 8.73. The fraction of sp³-hybridized carbons (Fsp3) is 0.429. The van der Waals surface area contributed by atoms with E-state index in [-0.39, 0.29) is 18.6 Å². The number of likely N-dealkylation sites (N-methyl/N-ethyl adjacent to an activating group) is 1. The topological polar surface area (TPSA) is 62.7 Å². The molecule has 0 radical (unpaired) electrons. The number of aromatic nitrogens is 1. The van der Waals surface area contributed by atoms with Crippen molar-refractivity contribution in [3.63, 3.8) is 0 Å². The quantitative estimate of drug-likeness (QED) is 0.776. The Bertz CT molecular complexity index is 513. The summed E-state index contributed by atoms with van der Waals surface area (Å²) in [6, 6.07) is 3.53. The molecular formula is C14H16N2O3. The summed E-state index contributed by atoms with van der Waals surface area (Å²) in [5.74, 6) is 5.12. The van der Waals surface area contributed by atoms with Crippen molar-refractivity contribution in [1.82, 2.24) is 9.88 Å². The first-order valence-corrected chi connectivity index (χ1v) is 6.13. The average Bonchev–Trinajstić information content (AvgIpc) is 2.98. The molecule has 5 heteroatoms. The second-order valence-corrected chi connectivity index (χ2v) is 4.29. The maximum atomic E-state index is 12.4. The van der Waals surface area contributed by atoms with Crippen molar-refractivity contribution in [1.29, 1.82) is 0 Å². The summed E-state index contributed by atoms with van der Waals surface area (Å²) >= 11 is 0. The van der Waals surface area contributed by atoms with Gasteiger partial charge in [-0.25, -0.2) is 4.98 Å². The number of rotatable bonds is 2. The van der Waals surface area contributed by atoms with Gasteiger partial charge in [-0.05, 0) is 18.6 Å². The number of nitrogens with zero attached hydrogens (tertiary/aromatic N) is 2. The third-order valence-corrected chi connectivity index (χ3v) is 3.09. The highest BCUT2D eigenvalue weighted by molar-refractivity contribution is 5.94. The predicted molar refractivity (Wildman–Crippen MR) is 69.5 cm³/mol. The fourth-order valence-electron chi connectivity index (χ4n) is 1.97. The average molecular weight is 260 g/mol. The molecule has 1 fully saturated rings. The molecule has 0 spiro atoms. The van der Waals surface area contributed by atoms with Gasteiger partial charge >= 0.3 is 0 Å². The fourth-order valence-corrected chi connectivity index (χ4v) is 1.97. The monoisotopic (exact) mass is 260 g/mol. The van der Waals surface area contributed by atoms with Crippen LogP contribution in [-0.4, -0.2) is 53.8 Å². The first-order chi connectivity index (χ1) is 9.24. The lowest BCUT2D eigenvalue weighted by Gasteiger charge is -2.23. The van der Waals surface area contributed by atoms with Gasteiger partial charge in [0.2, 0.25) is 0 Å². The highest BCUT2D eigenvalue weighted by Gasteiger charge is 2.26. The summed E-state index contributed by atoms with van der Waals surface area (Å²) in [6.45, 7) is 1.00. The molecule has 2 heterocycles. The number of pyridine rings is 1. The zero-order chi connectivity index (χ0) is 13.7. The maximum Gasteiger partial charge on any atom is 0.273 e. The Morgan fingerprint density at radius 1 is 1.68 bits per heavy atom. The second kappa shape index (κ2) is 6.32. The number of carbonyl (C=O) groups excluding carboxylic acids is 1. The van der Waals surface area contributed by atoms with Crippen molar-refractivity contribution in [2.45, 2.75) is 12.5 Å². The van der Waals surface area contributed by atoms with Crippen LogP contribution in [0.5, 0.6) is 0 Å². The maximum absolute atomic E-state index is 12.4. The van der Waals surface area contributed by atoms with Crippen LogP contribution in [0.15, 0.2) is 18.3 Å². The van der Waals surface area contributed by atoms with E-state index in [4.69, 9.17) is 9.84 Å². The minimum Gasteiger partial charge on any atom is -0.384 e. The molecule has 0 saturated carbocycles. The highest BCUT2D eigenvalue weighted by Crippen LogP contribution is 2.14. The van der Waals surface area contributed by atoms with Crippen LogP contribution in [0.3, 0.4) is 0 Å². The van der Waals surface area contributed by atoms with Gasteiger partial charge in [0.15, 0.2) is 0 Å². The molecule has 1 atom stereocenters. The molecule has 0 aliphatic carbocycles.